The van der Waals surface area contributed by atoms with Crippen LogP contribution < -0.4 is 5.32 Å². The summed E-state index contributed by atoms with van der Waals surface area (Å²) in [7, 11) is 6.28. The zero-order valence-corrected chi connectivity index (χ0v) is 11.9. The number of nitrogens with zero attached hydrogens (tertiary/aromatic N) is 1. The minimum absolute atomic E-state index is 0.276. The van der Waals surface area contributed by atoms with E-state index in [0.717, 1.165) is 0 Å². The Morgan fingerprint density at radius 3 is 1.68 bits per heavy atom. The van der Waals surface area contributed by atoms with E-state index in [1.54, 1.807) is 0 Å². The Bertz CT molecular complexity index is 479. The van der Waals surface area contributed by atoms with Gasteiger partial charge < -0.3 is 10.2 Å². The van der Waals surface area contributed by atoms with E-state index in [1.165, 1.54) is 11.1 Å². The molecule has 0 unspecified atom stereocenters. The average molecular weight is 254 g/mol. The smallest absolute Gasteiger partial charge is 0.0538 e. The zero-order valence-electron chi connectivity index (χ0n) is 11.9. The molecule has 0 saturated heterocycles. The molecule has 0 aliphatic rings. The molecule has 0 bridgehead atoms. The summed E-state index contributed by atoms with van der Waals surface area (Å²) in [6.45, 7) is 0. The van der Waals surface area contributed by atoms with E-state index in [9.17, 15) is 0 Å². The highest BCUT2D eigenvalue weighted by atomic mass is 15.1. The quantitative estimate of drug-likeness (QED) is 0.881. The molecule has 2 aromatic rings. The first-order chi connectivity index (χ1) is 9.24. The van der Waals surface area contributed by atoms with E-state index in [-0.39, 0.29) is 6.04 Å². The van der Waals surface area contributed by atoms with E-state index in [2.05, 4.69) is 85.0 Å². The lowest BCUT2D eigenvalue weighted by molar-refractivity contribution is 0.239. The molecule has 0 heterocycles. The van der Waals surface area contributed by atoms with E-state index in [1.807, 2.05) is 7.05 Å². The van der Waals surface area contributed by atoms with Crippen LogP contribution in [0.15, 0.2) is 60.7 Å². The first kappa shape index (κ1) is 13.8. The number of benzene rings is 2. The predicted octanol–water partition coefficient (Wildman–Crippen LogP) is 3.25. The maximum absolute atomic E-state index is 3.46. The molecule has 0 fully saturated rings. The molecule has 1 N–H and O–H groups in total. The normalized spacial score (nSPS) is 14.3. The van der Waals surface area contributed by atoms with E-state index >= 15 is 0 Å². The molecule has 2 nitrogen and oxygen atoms in total. The maximum Gasteiger partial charge on any atom is 0.0538 e. The van der Waals surface area contributed by atoms with Crippen LogP contribution >= 0.6 is 0 Å². The van der Waals surface area contributed by atoms with Crippen LogP contribution in [0.1, 0.15) is 23.2 Å². The Labute approximate surface area is 116 Å². The second-order valence-corrected chi connectivity index (χ2v) is 5.00. The molecular weight excluding hydrogens is 232 g/mol. The number of hydrogen-bond donors (Lipinski definition) is 1. The summed E-state index contributed by atoms with van der Waals surface area (Å²) in [6.07, 6.45) is 0. The third-order valence-corrected chi connectivity index (χ3v) is 3.48. The van der Waals surface area contributed by atoms with Gasteiger partial charge in [0.15, 0.2) is 0 Å². The molecule has 0 aliphatic carbocycles. The summed E-state index contributed by atoms with van der Waals surface area (Å²) in [5.41, 5.74) is 2.64. The van der Waals surface area contributed by atoms with Crippen molar-refractivity contribution in [2.24, 2.45) is 0 Å². The van der Waals surface area contributed by atoms with Crippen LogP contribution in [0.3, 0.4) is 0 Å². The maximum atomic E-state index is 3.46. The molecule has 2 atom stereocenters. The van der Waals surface area contributed by atoms with Crippen molar-refractivity contribution >= 4 is 0 Å². The average Bonchev–Trinajstić information content (AvgIpc) is 2.46. The Morgan fingerprint density at radius 1 is 0.789 bits per heavy atom. The predicted molar refractivity (Wildman–Crippen MR) is 81.1 cm³/mol. The van der Waals surface area contributed by atoms with Gasteiger partial charge in [0.1, 0.15) is 0 Å². The lowest BCUT2D eigenvalue weighted by Crippen LogP contribution is -2.33. The topological polar surface area (TPSA) is 15.3 Å². The van der Waals surface area contributed by atoms with Crippen molar-refractivity contribution in [1.29, 1.82) is 0 Å². The SMILES string of the molecule is CN[C@@H](c1ccccc1)[C@H](c1ccccc1)N(C)C. The molecule has 100 valence electrons. The van der Waals surface area contributed by atoms with Gasteiger partial charge in [-0.25, -0.2) is 0 Å². The third-order valence-electron chi connectivity index (χ3n) is 3.48. The van der Waals surface area contributed by atoms with E-state index in [0.29, 0.717) is 6.04 Å². The summed E-state index contributed by atoms with van der Waals surface area (Å²) in [6, 6.07) is 21.8. The zero-order chi connectivity index (χ0) is 13.7. The standard InChI is InChI=1S/C17H22N2/c1-18-16(14-10-6-4-7-11-14)17(19(2)3)15-12-8-5-9-13-15/h4-13,16-18H,1-3H3/t16-,17-/m0/s1. The second kappa shape index (κ2) is 6.50. The van der Waals surface area contributed by atoms with Gasteiger partial charge in [0, 0.05) is 0 Å². The van der Waals surface area contributed by atoms with Crippen LogP contribution in [0, 0.1) is 0 Å². The minimum atomic E-state index is 0.276. The van der Waals surface area contributed by atoms with Crippen molar-refractivity contribution in [2.45, 2.75) is 12.1 Å². The Morgan fingerprint density at radius 2 is 1.26 bits per heavy atom. The lowest BCUT2D eigenvalue weighted by atomic mass is 9.92. The summed E-state index contributed by atoms with van der Waals surface area (Å²) < 4.78 is 0. The fourth-order valence-corrected chi connectivity index (χ4v) is 2.61. The van der Waals surface area contributed by atoms with Gasteiger partial charge in [-0.2, -0.15) is 0 Å². The fraction of sp³-hybridized carbons (Fsp3) is 0.294. The molecule has 0 radical (unpaired) electrons. The van der Waals surface area contributed by atoms with Crippen LogP contribution in [0.25, 0.3) is 0 Å². The van der Waals surface area contributed by atoms with Crippen LogP contribution in [0.5, 0.6) is 0 Å². The molecule has 0 spiro atoms. The molecule has 0 aromatic heterocycles. The highest BCUT2D eigenvalue weighted by Crippen LogP contribution is 2.32. The first-order valence-corrected chi connectivity index (χ1v) is 6.67. The highest BCUT2D eigenvalue weighted by Gasteiger charge is 2.24. The Kier molecular flexibility index (Phi) is 4.72. The van der Waals surface area contributed by atoms with Crippen LogP contribution in [0.2, 0.25) is 0 Å². The Balaban J connectivity index is 2.38. The van der Waals surface area contributed by atoms with Gasteiger partial charge in [0.05, 0.1) is 12.1 Å². The molecule has 0 saturated carbocycles. The first-order valence-electron chi connectivity index (χ1n) is 6.67. The van der Waals surface area contributed by atoms with Crippen LogP contribution in [-0.2, 0) is 0 Å². The monoisotopic (exact) mass is 254 g/mol. The third kappa shape index (κ3) is 3.22. The Hall–Kier alpha value is -1.64. The minimum Gasteiger partial charge on any atom is -0.311 e. The molecule has 2 rings (SSSR count). The molecular formula is C17H22N2. The van der Waals surface area contributed by atoms with Crippen molar-refractivity contribution in [2.75, 3.05) is 21.1 Å². The summed E-state index contributed by atoms with van der Waals surface area (Å²) in [4.78, 5) is 2.27. The fourth-order valence-electron chi connectivity index (χ4n) is 2.61. The molecule has 0 aliphatic heterocycles. The molecule has 0 amide bonds. The number of likely N-dealkylation sites (N-methyl/N-ethyl adjacent to an activating group) is 2. The van der Waals surface area contributed by atoms with E-state index in [4.69, 9.17) is 0 Å². The summed E-state index contributed by atoms with van der Waals surface area (Å²) >= 11 is 0. The van der Waals surface area contributed by atoms with Gasteiger partial charge in [-0.05, 0) is 32.3 Å². The van der Waals surface area contributed by atoms with Crippen molar-refractivity contribution in [3.63, 3.8) is 0 Å². The van der Waals surface area contributed by atoms with E-state index < -0.39 is 0 Å². The molecule has 19 heavy (non-hydrogen) atoms. The van der Waals surface area contributed by atoms with Gasteiger partial charge in [-0.1, -0.05) is 60.7 Å². The number of nitrogens with one attached hydrogen (secondary N) is 1. The largest absolute Gasteiger partial charge is 0.311 e. The van der Waals surface area contributed by atoms with Crippen molar-refractivity contribution in [3.05, 3.63) is 71.8 Å². The van der Waals surface area contributed by atoms with Gasteiger partial charge in [0.25, 0.3) is 0 Å². The van der Waals surface area contributed by atoms with Crippen molar-refractivity contribution in [1.82, 2.24) is 10.2 Å². The lowest BCUT2D eigenvalue weighted by Gasteiger charge is -2.33. The van der Waals surface area contributed by atoms with Crippen molar-refractivity contribution in [3.8, 4) is 0 Å². The van der Waals surface area contributed by atoms with Crippen LogP contribution in [-0.4, -0.2) is 26.0 Å². The number of rotatable bonds is 5. The highest BCUT2D eigenvalue weighted by molar-refractivity contribution is 5.27. The molecule has 2 heteroatoms. The summed E-state index contributed by atoms with van der Waals surface area (Å²) in [5, 5.41) is 3.46. The molecule has 2 aromatic carbocycles. The van der Waals surface area contributed by atoms with Crippen molar-refractivity contribution < 1.29 is 0 Å². The second-order valence-electron chi connectivity index (χ2n) is 5.00. The summed E-state index contributed by atoms with van der Waals surface area (Å²) in [5.74, 6) is 0. The van der Waals surface area contributed by atoms with Gasteiger partial charge >= 0.3 is 0 Å². The van der Waals surface area contributed by atoms with Gasteiger partial charge in [-0.3, -0.25) is 0 Å². The van der Waals surface area contributed by atoms with Gasteiger partial charge in [-0.15, -0.1) is 0 Å². The van der Waals surface area contributed by atoms with Gasteiger partial charge in [0.2, 0.25) is 0 Å². The van der Waals surface area contributed by atoms with Crippen LogP contribution in [0.4, 0.5) is 0 Å². The number of hydrogen-bond acceptors (Lipinski definition) is 2.